The number of amides is 1. The van der Waals surface area contributed by atoms with Crippen LogP contribution in [0.2, 0.25) is 5.02 Å². The zero-order valence-corrected chi connectivity index (χ0v) is 15.9. The summed E-state index contributed by atoms with van der Waals surface area (Å²) in [7, 11) is 0. The predicted molar refractivity (Wildman–Crippen MR) is 104 cm³/mol. The molecule has 2 aromatic carbocycles. The van der Waals surface area contributed by atoms with Gasteiger partial charge in [-0.2, -0.15) is 0 Å². The van der Waals surface area contributed by atoms with Gasteiger partial charge in [-0.1, -0.05) is 17.7 Å². The van der Waals surface area contributed by atoms with Crippen molar-refractivity contribution in [2.75, 3.05) is 11.1 Å². The first-order chi connectivity index (χ1) is 12.1. The number of nitrogens with one attached hydrogen (secondary N) is 1. The highest BCUT2D eigenvalue weighted by atomic mass is 35.5. The van der Waals surface area contributed by atoms with E-state index in [0.29, 0.717) is 28.4 Å². The largest absolute Gasteiger partial charge is 0.456 e. The molecule has 0 aliphatic carbocycles. The molecule has 0 atom stereocenters. The number of esters is 1. The van der Waals surface area contributed by atoms with Gasteiger partial charge in [-0.05, 0) is 69.2 Å². The number of hydrogen-bond acceptors (Lipinski definition) is 4. The van der Waals surface area contributed by atoms with Gasteiger partial charge in [0.15, 0.2) is 0 Å². The molecule has 0 spiro atoms. The zero-order valence-electron chi connectivity index (χ0n) is 15.1. The number of hydrogen-bond donors (Lipinski definition) is 2. The topological polar surface area (TPSA) is 81.4 Å². The predicted octanol–water partition coefficient (Wildman–Crippen LogP) is 4.45. The normalized spacial score (nSPS) is 11.1. The molecule has 2 rings (SSSR count). The molecule has 0 fully saturated rings. The summed E-state index contributed by atoms with van der Waals surface area (Å²) in [6.45, 7) is 5.42. The van der Waals surface area contributed by atoms with Gasteiger partial charge in [0.2, 0.25) is 5.91 Å². The minimum atomic E-state index is -0.565. The van der Waals surface area contributed by atoms with Crippen LogP contribution in [0.3, 0.4) is 0 Å². The summed E-state index contributed by atoms with van der Waals surface area (Å²) in [5, 5.41) is 3.41. The fourth-order valence-electron chi connectivity index (χ4n) is 2.29. The van der Waals surface area contributed by atoms with E-state index in [2.05, 4.69) is 5.32 Å². The minimum absolute atomic E-state index is 0.122. The Balaban J connectivity index is 1.94. The fourth-order valence-corrected chi connectivity index (χ4v) is 2.42. The Hall–Kier alpha value is -2.53. The van der Waals surface area contributed by atoms with E-state index in [1.165, 1.54) is 0 Å². The monoisotopic (exact) mass is 374 g/mol. The van der Waals surface area contributed by atoms with Crippen LogP contribution in [0.15, 0.2) is 42.5 Å². The van der Waals surface area contributed by atoms with Crippen LogP contribution in [0.25, 0.3) is 0 Å². The first-order valence-electron chi connectivity index (χ1n) is 8.31. The highest BCUT2D eigenvalue weighted by Crippen LogP contribution is 2.20. The molecular formula is C20H23ClN2O3. The van der Waals surface area contributed by atoms with E-state index >= 15 is 0 Å². The van der Waals surface area contributed by atoms with Crippen LogP contribution >= 0.6 is 11.6 Å². The fraction of sp³-hybridized carbons (Fsp3) is 0.300. The lowest BCUT2D eigenvalue weighted by atomic mass is 10.0. The molecule has 0 radical (unpaired) electrons. The quantitative estimate of drug-likeness (QED) is 0.598. The van der Waals surface area contributed by atoms with Gasteiger partial charge < -0.3 is 15.8 Å². The van der Waals surface area contributed by atoms with Crippen LogP contribution in [0.4, 0.5) is 11.4 Å². The van der Waals surface area contributed by atoms with Gasteiger partial charge >= 0.3 is 5.97 Å². The van der Waals surface area contributed by atoms with E-state index in [-0.39, 0.29) is 12.3 Å². The molecule has 0 aromatic heterocycles. The molecular weight excluding hydrogens is 352 g/mol. The van der Waals surface area contributed by atoms with Crippen LogP contribution < -0.4 is 11.1 Å². The summed E-state index contributed by atoms with van der Waals surface area (Å²) in [5.41, 5.74) is 7.82. The molecule has 1 amide bonds. The van der Waals surface area contributed by atoms with E-state index < -0.39 is 11.6 Å². The van der Waals surface area contributed by atoms with E-state index in [1.807, 2.05) is 20.8 Å². The van der Waals surface area contributed by atoms with Crippen molar-refractivity contribution in [3.63, 3.8) is 0 Å². The number of nitrogens with two attached hydrogens (primary N) is 1. The molecule has 0 saturated carbocycles. The van der Waals surface area contributed by atoms with E-state index in [0.717, 1.165) is 5.56 Å². The molecule has 0 saturated heterocycles. The van der Waals surface area contributed by atoms with Crippen molar-refractivity contribution < 1.29 is 14.3 Å². The van der Waals surface area contributed by atoms with Gasteiger partial charge in [0.05, 0.1) is 5.56 Å². The number of carbonyl (C=O) groups is 2. The number of benzene rings is 2. The third-order valence-corrected chi connectivity index (χ3v) is 3.78. The summed E-state index contributed by atoms with van der Waals surface area (Å²) in [6, 6.07) is 11.9. The Kier molecular flexibility index (Phi) is 6.27. The maximum absolute atomic E-state index is 12.1. The van der Waals surface area contributed by atoms with E-state index in [1.54, 1.807) is 42.5 Å². The SMILES string of the molecule is CC(C)(C)OC(=O)c1ccc(CCC(=O)Nc2ccc(Cl)cc2)c(N)c1. The maximum atomic E-state index is 12.1. The summed E-state index contributed by atoms with van der Waals surface area (Å²) in [5.74, 6) is -0.542. The summed E-state index contributed by atoms with van der Waals surface area (Å²) < 4.78 is 5.32. The van der Waals surface area contributed by atoms with Crippen molar-refractivity contribution in [1.82, 2.24) is 0 Å². The van der Waals surface area contributed by atoms with Gasteiger partial charge in [-0.3, -0.25) is 4.79 Å². The Labute approximate surface area is 158 Å². The van der Waals surface area contributed by atoms with Crippen LogP contribution in [-0.4, -0.2) is 17.5 Å². The first-order valence-corrected chi connectivity index (χ1v) is 8.69. The van der Waals surface area contributed by atoms with Crippen molar-refractivity contribution in [3.8, 4) is 0 Å². The molecule has 0 unspecified atom stereocenters. The van der Waals surface area contributed by atoms with Crippen molar-refractivity contribution in [3.05, 3.63) is 58.6 Å². The number of rotatable bonds is 5. The number of ether oxygens (including phenoxy) is 1. The minimum Gasteiger partial charge on any atom is -0.456 e. The second kappa shape index (κ2) is 8.23. The lowest BCUT2D eigenvalue weighted by Gasteiger charge is -2.19. The van der Waals surface area contributed by atoms with Crippen LogP contribution in [-0.2, 0) is 16.0 Å². The Morgan fingerprint density at radius 2 is 1.77 bits per heavy atom. The number of nitrogen functional groups attached to an aromatic ring is 1. The number of anilines is 2. The van der Waals surface area contributed by atoms with E-state index in [4.69, 9.17) is 22.1 Å². The van der Waals surface area contributed by atoms with Crippen LogP contribution in [0.5, 0.6) is 0 Å². The third-order valence-electron chi connectivity index (χ3n) is 3.53. The van der Waals surface area contributed by atoms with Crippen molar-refractivity contribution in [2.24, 2.45) is 0 Å². The Morgan fingerprint density at radius 1 is 1.12 bits per heavy atom. The van der Waals surface area contributed by atoms with Gasteiger partial charge in [0.1, 0.15) is 5.60 Å². The van der Waals surface area contributed by atoms with Crippen LogP contribution in [0.1, 0.15) is 43.1 Å². The summed E-state index contributed by atoms with van der Waals surface area (Å²) in [6.07, 6.45) is 0.748. The van der Waals surface area contributed by atoms with Gasteiger partial charge in [-0.15, -0.1) is 0 Å². The standard InChI is InChI=1S/C20H23ClN2O3/c1-20(2,3)26-19(25)14-5-4-13(17(22)12-14)6-11-18(24)23-16-9-7-15(21)8-10-16/h4-5,7-10,12H,6,11,22H2,1-3H3,(H,23,24). The van der Waals surface area contributed by atoms with Crippen molar-refractivity contribution in [1.29, 1.82) is 0 Å². The molecule has 6 heteroatoms. The highest BCUT2D eigenvalue weighted by molar-refractivity contribution is 6.30. The smallest absolute Gasteiger partial charge is 0.338 e. The molecule has 3 N–H and O–H groups in total. The molecule has 138 valence electrons. The molecule has 0 aliphatic heterocycles. The van der Waals surface area contributed by atoms with Crippen molar-refractivity contribution >= 4 is 34.9 Å². The Bertz CT molecular complexity index is 796. The average Bonchev–Trinajstić information content (AvgIpc) is 2.54. The lowest BCUT2D eigenvalue weighted by molar-refractivity contribution is -0.116. The van der Waals surface area contributed by atoms with Gasteiger partial charge in [0.25, 0.3) is 0 Å². The molecule has 0 bridgehead atoms. The first kappa shape index (κ1) is 19.8. The number of aryl methyl sites for hydroxylation is 1. The third kappa shape index (κ3) is 6.08. The molecule has 26 heavy (non-hydrogen) atoms. The summed E-state index contributed by atoms with van der Waals surface area (Å²) >= 11 is 5.82. The lowest BCUT2D eigenvalue weighted by Crippen LogP contribution is -2.24. The molecule has 5 nitrogen and oxygen atoms in total. The average molecular weight is 375 g/mol. The number of halogens is 1. The second-order valence-corrected chi connectivity index (χ2v) is 7.41. The molecule has 2 aromatic rings. The highest BCUT2D eigenvalue weighted by Gasteiger charge is 2.18. The number of carbonyl (C=O) groups excluding carboxylic acids is 2. The zero-order chi connectivity index (χ0) is 19.3. The summed E-state index contributed by atoms with van der Waals surface area (Å²) in [4.78, 5) is 24.1. The van der Waals surface area contributed by atoms with Crippen LogP contribution in [0, 0.1) is 0 Å². The van der Waals surface area contributed by atoms with E-state index in [9.17, 15) is 9.59 Å². The molecule has 0 heterocycles. The van der Waals surface area contributed by atoms with Gasteiger partial charge in [-0.25, -0.2) is 4.79 Å². The molecule has 0 aliphatic rings. The Morgan fingerprint density at radius 3 is 2.35 bits per heavy atom. The van der Waals surface area contributed by atoms with Crippen molar-refractivity contribution in [2.45, 2.75) is 39.2 Å². The second-order valence-electron chi connectivity index (χ2n) is 6.97. The maximum Gasteiger partial charge on any atom is 0.338 e. The van der Waals surface area contributed by atoms with Gasteiger partial charge in [0, 0.05) is 22.8 Å².